The molecule has 0 amide bonds. The lowest BCUT2D eigenvalue weighted by molar-refractivity contribution is 0.483. The Labute approximate surface area is 196 Å². The number of ether oxygens (including phenoxy) is 1. The number of hydrogen-bond acceptors (Lipinski definition) is 3. The number of rotatable bonds is 5. The molecule has 0 aliphatic carbocycles. The molecule has 4 heteroatoms. The Morgan fingerprint density at radius 1 is 1.03 bits per heavy atom. The third kappa shape index (κ3) is 4.44. The van der Waals surface area contributed by atoms with Crippen molar-refractivity contribution in [2.75, 3.05) is 11.4 Å². The number of aryl methyl sites for hydroxylation is 1. The van der Waals surface area contributed by atoms with Crippen molar-refractivity contribution in [2.45, 2.75) is 40.2 Å². The van der Waals surface area contributed by atoms with Crippen molar-refractivity contribution in [1.29, 1.82) is 0 Å². The number of fused-ring (bicyclic) bond motifs is 1. The van der Waals surface area contributed by atoms with Gasteiger partial charge >= 0.3 is 0 Å². The second-order valence-corrected chi connectivity index (χ2v) is 9.14. The Morgan fingerprint density at radius 3 is 2.44 bits per heavy atom. The maximum Gasteiger partial charge on any atom is 0.146 e. The van der Waals surface area contributed by atoms with E-state index >= 15 is 0 Å². The van der Waals surface area contributed by atoms with Crippen molar-refractivity contribution < 1.29 is 4.74 Å². The van der Waals surface area contributed by atoms with E-state index in [1.54, 1.807) is 0 Å². The Hall–Kier alpha value is -3.04. The molecule has 0 radical (unpaired) electrons. The van der Waals surface area contributed by atoms with Crippen LogP contribution in [0.2, 0.25) is 5.02 Å². The predicted molar refractivity (Wildman–Crippen MR) is 137 cm³/mol. The van der Waals surface area contributed by atoms with Crippen molar-refractivity contribution >= 4 is 34.8 Å². The molecule has 0 unspecified atom stereocenters. The minimum absolute atomic E-state index is 0.0155. The number of aliphatic imine (C=N–C) groups is 1. The standard InChI is InChI=1S/C28H29ClN2O/c1-6-31-26-15-19(2)21(16-24(26)20(3)17-28(31,4)5)18-30-22-11-13-23(14-12-22)32-27-10-8-7-9-25(27)29/h7-18H,6H2,1-5H3. The molecule has 0 atom stereocenters. The van der Waals surface area contributed by atoms with Crippen molar-refractivity contribution in [3.05, 3.63) is 88.5 Å². The number of nitrogens with zero attached hydrogens (tertiary/aromatic N) is 2. The number of halogens is 1. The summed E-state index contributed by atoms with van der Waals surface area (Å²) in [5.74, 6) is 1.37. The highest BCUT2D eigenvalue weighted by Crippen LogP contribution is 2.40. The molecule has 0 saturated heterocycles. The van der Waals surface area contributed by atoms with E-state index in [9.17, 15) is 0 Å². The summed E-state index contributed by atoms with van der Waals surface area (Å²) in [6.07, 6.45) is 4.30. The van der Waals surface area contributed by atoms with Crippen LogP contribution in [-0.4, -0.2) is 18.3 Å². The van der Waals surface area contributed by atoms with Gasteiger partial charge < -0.3 is 9.64 Å². The van der Waals surface area contributed by atoms with Crippen molar-refractivity contribution in [1.82, 2.24) is 0 Å². The van der Waals surface area contributed by atoms with Gasteiger partial charge in [0.1, 0.15) is 11.5 Å². The molecular formula is C28H29ClN2O. The summed E-state index contributed by atoms with van der Waals surface area (Å²) in [4.78, 5) is 7.16. The number of para-hydroxylation sites is 1. The molecule has 32 heavy (non-hydrogen) atoms. The fraction of sp³-hybridized carbons (Fsp3) is 0.250. The van der Waals surface area contributed by atoms with E-state index in [0.29, 0.717) is 10.8 Å². The van der Waals surface area contributed by atoms with E-state index in [-0.39, 0.29) is 5.54 Å². The van der Waals surface area contributed by atoms with E-state index in [4.69, 9.17) is 21.3 Å². The number of likely N-dealkylation sites (N-methyl/N-ethyl adjacent to an activating group) is 1. The maximum absolute atomic E-state index is 6.18. The molecule has 3 aromatic rings. The van der Waals surface area contributed by atoms with Gasteiger partial charge in [0.15, 0.2) is 0 Å². The lowest BCUT2D eigenvalue weighted by Crippen LogP contribution is -2.45. The number of allylic oxidation sites excluding steroid dienone is 1. The molecule has 0 fully saturated rings. The zero-order valence-electron chi connectivity index (χ0n) is 19.3. The average molecular weight is 445 g/mol. The van der Waals surface area contributed by atoms with Crippen LogP contribution in [0.3, 0.4) is 0 Å². The fourth-order valence-corrected chi connectivity index (χ4v) is 4.53. The highest BCUT2D eigenvalue weighted by molar-refractivity contribution is 6.32. The van der Waals surface area contributed by atoms with Crippen LogP contribution in [0.4, 0.5) is 11.4 Å². The molecule has 0 saturated carbocycles. The zero-order chi connectivity index (χ0) is 22.9. The molecule has 4 rings (SSSR count). The lowest BCUT2D eigenvalue weighted by Gasteiger charge is -2.43. The average Bonchev–Trinajstić information content (AvgIpc) is 2.75. The van der Waals surface area contributed by atoms with Crippen LogP contribution in [-0.2, 0) is 0 Å². The monoisotopic (exact) mass is 444 g/mol. The van der Waals surface area contributed by atoms with Crippen LogP contribution >= 0.6 is 11.6 Å². The van der Waals surface area contributed by atoms with Gasteiger partial charge in [-0.25, -0.2) is 0 Å². The number of hydrogen-bond donors (Lipinski definition) is 0. The van der Waals surface area contributed by atoms with Crippen LogP contribution in [0.1, 0.15) is 44.4 Å². The van der Waals surface area contributed by atoms with E-state index in [1.807, 2.05) is 54.7 Å². The molecule has 1 heterocycles. The Balaban J connectivity index is 1.56. The highest BCUT2D eigenvalue weighted by atomic mass is 35.5. The van der Waals surface area contributed by atoms with Crippen LogP contribution in [0.15, 0.2) is 71.7 Å². The Morgan fingerprint density at radius 2 is 1.75 bits per heavy atom. The highest BCUT2D eigenvalue weighted by Gasteiger charge is 2.30. The largest absolute Gasteiger partial charge is 0.456 e. The van der Waals surface area contributed by atoms with E-state index < -0.39 is 0 Å². The maximum atomic E-state index is 6.18. The first-order valence-electron chi connectivity index (χ1n) is 11.0. The SMILES string of the molecule is CCN1c2cc(C)c(C=Nc3ccc(Oc4ccccc4Cl)cc3)cc2C(C)=CC1(C)C. The molecule has 0 spiro atoms. The Bertz CT molecular complexity index is 1190. The molecule has 1 aliphatic rings. The molecule has 0 N–H and O–H groups in total. The third-order valence-corrected chi connectivity index (χ3v) is 6.25. The van der Waals surface area contributed by atoms with Gasteiger partial charge in [-0.2, -0.15) is 0 Å². The van der Waals surface area contributed by atoms with Gasteiger partial charge in [0, 0.05) is 24.0 Å². The van der Waals surface area contributed by atoms with Crippen molar-refractivity contribution in [2.24, 2.45) is 4.99 Å². The third-order valence-electron chi connectivity index (χ3n) is 5.94. The normalized spacial score (nSPS) is 14.9. The van der Waals surface area contributed by atoms with E-state index in [0.717, 1.165) is 23.5 Å². The van der Waals surface area contributed by atoms with Gasteiger partial charge in [-0.05, 0) is 99.8 Å². The molecule has 164 valence electrons. The van der Waals surface area contributed by atoms with Crippen LogP contribution in [0.5, 0.6) is 11.5 Å². The van der Waals surface area contributed by atoms with Crippen molar-refractivity contribution in [3.8, 4) is 11.5 Å². The zero-order valence-corrected chi connectivity index (χ0v) is 20.1. The summed E-state index contributed by atoms with van der Waals surface area (Å²) in [5.41, 5.74) is 7.12. The summed E-state index contributed by atoms with van der Waals surface area (Å²) in [6.45, 7) is 12.1. The summed E-state index contributed by atoms with van der Waals surface area (Å²) < 4.78 is 5.86. The van der Waals surface area contributed by atoms with Crippen LogP contribution in [0, 0.1) is 6.92 Å². The number of anilines is 1. The van der Waals surface area contributed by atoms with Gasteiger partial charge in [-0.15, -0.1) is 0 Å². The Kier molecular flexibility index (Phi) is 6.12. The first-order chi connectivity index (χ1) is 15.3. The van der Waals surface area contributed by atoms with Gasteiger partial charge in [0.2, 0.25) is 0 Å². The summed E-state index contributed by atoms with van der Waals surface area (Å²) >= 11 is 6.18. The van der Waals surface area contributed by atoms with E-state index in [1.165, 1.54) is 22.4 Å². The van der Waals surface area contributed by atoms with Crippen LogP contribution < -0.4 is 9.64 Å². The van der Waals surface area contributed by atoms with Crippen LogP contribution in [0.25, 0.3) is 5.57 Å². The minimum atomic E-state index is 0.0155. The summed E-state index contributed by atoms with van der Waals surface area (Å²) in [5, 5.41) is 0.590. The quantitative estimate of drug-likeness (QED) is 0.370. The fourth-order valence-electron chi connectivity index (χ4n) is 4.36. The molecule has 0 aromatic heterocycles. The van der Waals surface area contributed by atoms with Gasteiger partial charge in [0.25, 0.3) is 0 Å². The second-order valence-electron chi connectivity index (χ2n) is 8.74. The first-order valence-corrected chi connectivity index (χ1v) is 11.3. The molecule has 0 bridgehead atoms. The topological polar surface area (TPSA) is 24.8 Å². The molecule has 1 aliphatic heterocycles. The van der Waals surface area contributed by atoms with E-state index in [2.05, 4.69) is 57.7 Å². The van der Waals surface area contributed by atoms with Gasteiger partial charge in [0.05, 0.1) is 16.2 Å². The molecular weight excluding hydrogens is 416 g/mol. The smallest absolute Gasteiger partial charge is 0.146 e. The van der Waals surface area contributed by atoms with Gasteiger partial charge in [-0.1, -0.05) is 29.8 Å². The second kappa shape index (κ2) is 8.84. The number of benzene rings is 3. The summed E-state index contributed by atoms with van der Waals surface area (Å²) in [6, 6.07) is 19.7. The predicted octanol–water partition coefficient (Wildman–Crippen LogP) is 8.21. The first kappa shape index (κ1) is 22.2. The van der Waals surface area contributed by atoms with Crippen molar-refractivity contribution in [3.63, 3.8) is 0 Å². The minimum Gasteiger partial charge on any atom is -0.456 e. The molecule has 3 aromatic carbocycles. The molecule has 3 nitrogen and oxygen atoms in total. The summed E-state index contributed by atoms with van der Waals surface area (Å²) in [7, 11) is 0. The van der Waals surface area contributed by atoms with Gasteiger partial charge in [-0.3, -0.25) is 4.99 Å². The lowest BCUT2D eigenvalue weighted by atomic mass is 9.87.